The number of aliphatic hydroxyl groups excluding tert-OH is 1. The van der Waals surface area contributed by atoms with Gasteiger partial charge in [-0.2, -0.15) is 0 Å². The summed E-state index contributed by atoms with van der Waals surface area (Å²) in [5.74, 6) is 0. The topological polar surface area (TPSA) is 20.2 Å². The van der Waals surface area contributed by atoms with Gasteiger partial charge in [-0.1, -0.05) is 32.4 Å². The summed E-state index contributed by atoms with van der Waals surface area (Å²) in [6.45, 7) is 4.19. The molecular weight excluding hydrogens is 124 g/mol. The maximum Gasteiger partial charge on any atom is 0.0574 e. The molecule has 0 radical (unpaired) electrons. The van der Waals surface area contributed by atoms with Crippen molar-refractivity contribution in [1.29, 1.82) is 0 Å². The lowest BCUT2D eigenvalue weighted by Gasteiger charge is -2.03. The number of hydrogen-bond donors (Lipinski definition) is 1. The zero-order valence-electron chi connectivity index (χ0n) is 7.01. The zero-order chi connectivity index (χ0) is 7.82. The Morgan fingerprint density at radius 1 is 1.30 bits per heavy atom. The summed E-state index contributed by atoms with van der Waals surface area (Å²) in [6.07, 6.45) is 7.92. The van der Waals surface area contributed by atoms with Gasteiger partial charge >= 0.3 is 0 Å². The van der Waals surface area contributed by atoms with Gasteiger partial charge in [0.25, 0.3) is 0 Å². The van der Waals surface area contributed by atoms with E-state index in [-0.39, 0.29) is 6.10 Å². The van der Waals surface area contributed by atoms with Crippen LogP contribution >= 0.6 is 0 Å². The maximum atomic E-state index is 9.22. The van der Waals surface area contributed by atoms with E-state index in [9.17, 15) is 5.11 Å². The van der Waals surface area contributed by atoms with Crippen LogP contribution in [0.5, 0.6) is 0 Å². The highest BCUT2D eigenvalue weighted by molar-refractivity contribution is 4.82. The second-order valence-electron chi connectivity index (χ2n) is 2.56. The Bertz CT molecular complexity index is 86.7. The molecule has 0 bridgehead atoms. The lowest BCUT2D eigenvalue weighted by Crippen LogP contribution is -2.02. The van der Waals surface area contributed by atoms with Gasteiger partial charge in [-0.15, -0.1) is 0 Å². The molecule has 0 aromatic heterocycles. The molecule has 0 heterocycles. The van der Waals surface area contributed by atoms with Crippen LogP contribution in [0, 0.1) is 0 Å². The standard InChI is InChI=1S/C9H18O/c1-3-5-6-8-9(10)7-4-2/h5-6,9-10H,3-4,7-8H2,1-2H3. The van der Waals surface area contributed by atoms with Gasteiger partial charge in [0.15, 0.2) is 0 Å². The first kappa shape index (κ1) is 9.70. The average molecular weight is 142 g/mol. The molecule has 1 unspecified atom stereocenters. The predicted molar refractivity (Wildman–Crippen MR) is 45.0 cm³/mol. The normalized spacial score (nSPS) is 14.3. The lowest BCUT2D eigenvalue weighted by molar-refractivity contribution is 0.166. The molecule has 1 nitrogen and oxygen atoms in total. The summed E-state index contributed by atoms with van der Waals surface area (Å²) in [5.41, 5.74) is 0. The third kappa shape index (κ3) is 5.83. The van der Waals surface area contributed by atoms with Crippen LogP contribution < -0.4 is 0 Å². The van der Waals surface area contributed by atoms with Crippen molar-refractivity contribution in [2.45, 2.75) is 45.6 Å². The van der Waals surface area contributed by atoms with Crippen molar-refractivity contribution in [1.82, 2.24) is 0 Å². The minimum Gasteiger partial charge on any atom is -0.393 e. The van der Waals surface area contributed by atoms with Gasteiger partial charge in [0, 0.05) is 0 Å². The zero-order valence-corrected chi connectivity index (χ0v) is 7.01. The Labute approximate surface area is 63.8 Å². The van der Waals surface area contributed by atoms with Crippen molar-refractivity contribution in [2.75, 3.05) is 0 Å². The Hall–Kier alpha value is -0.300. The van der Waals surface area contributed by atoms with E-state index in [1.807, 2.05) is 0 Å². The molecule has 1 heteroatoms. The van der Waals surface area contributed by atoms with Crippen LogP contribution in [0.25, 0.3) is 0 Å². The second kappa shape index (κ2) is 6.81. The Morgan fingerprint density at radius 3 is 2.50 bits per heavy atom. The molecule has 0 aromatic carbocycles. The summed E-state index contributed by atoms with van der Waals surface area (Å²) in [4.78, 5) is 0. The molecule has 0 rings (SSSR count). The van der Waals surface area contributed by atoms with Crippen molar-refractivity contribution in [3.8, 4) is 0 Å². The molecule has 0 saturated carbocycles. The quantitative estimate of drug-likeness (QED) is 0.585. The van der Waals surface area contributed by atoms with Crippen LogP contribution in [0.2, 0.25) is 0 Å². The summed E-state index contributed by atoms with van der Waals surface area (Å²) >= 11 is 0. The molecule has 1 N–H and O–H groups in total. The maximum absolute atomic E-state index is 9.22. The molecule has 1 atom stereocenters. The summed E-state index contributed by atoms with van der Waals surface area (Å²) in [5, 5.41) is 9.22. The van der Waals surface area contributed by atoms with Crippen LogP contribution in [0.4, 0.5) is 0 Å². The third-order valence-electron chi connectivity index (χ3n) is 1.43. The summed E-state index contributed by atoms with van der Waals surface area (Å²) < 4.78 is 0. The van der Waals surface area contributed by atoms with E-state index >= 15 is 0 Å². The molecular formula is C9H18O. The van der Waals surface area contributed by atoms with Gasteiger partial charge in [0.05, 0.1) is 6.10 Å². The molecule has 0 aliphatic rings. The first-order chi connectivity index (χ1) is 4.81. The smallest absolute Gasteiger partial charge is 0.0574 e. The molecule has 0 fully saturated rings. The van der Waals surface area contributed by atoms with Gasteiger partial charge in [0.1, 0.15) is 0 Å². The predicted octanol–water partition coefficient (Wildman–Crippen LogP) is 2.50. The van der Waals surface area contributed by atoms with Gasteiger partial charge < -0.3 is 5.11 Å². The number of rotatable bonds is 5. The SMILES string of the molecule is CCC=CCC(O)CCC. The van der Waals surface area contributed by atoms with Crippen LogP contribution in [0.3, 0.4) is 0 Å². The van der Waals surface area contributed by atoms with Gasteiger partial charge in [-0.05, 0) is 19.3 Å². The highest BCUT2D eigenvalue weighted by Gasteiger charge is 1.96. The van der Waals surface area contributed by atoms with Crippen LogP contribution in [-0.2, 0) is 0 Å². The fraction of sp³-hybridized carbons (Fsp3) is 0.778. The third-order valence-corrected chi connectivity index (χ3v) is 1.43. The van der Waals surface area contributed by atoms with Crippen molar-refractivity contribution in [2.24, 2.45) is 0 Å². The van der Waals surface area contributed by atoms with Crippen molar-refractivity contribution in [3.63, 3.8) is 0 Å². The fourth-order valence-electron chi connectivity index (χ4n) is 0.871. The Morgan fingerprint density at radius 2 is 2.00 bits per heavy atom. The van der Waals surface area contributed by atoms with Crippen LogP contribution in [0.15, 0.2) is 12.2 Å². The molecule has 0 amide bonds. The van der Waals surface area contributed by atoms with E-state index in [0.717, 1.165) is 25.7 Å². The molecule has 0 spiro atoms. The first-order valence-corrected chi connectivity index (χ1v) is 4.14. The van der Waals surface area contributed by atoms with E-state index in [1.165, 1.54) is 0 Å². The van der Waals surface area contributed by atoms with Crippen molar-refractivity contribution >= 4 is 0 Å². The average Bonchev–Trinajstić information content (AvgIpc) is 1.89. The monoisotopic (exact) mass is 142 g/mol. The highest BCUT2D eigenvalue weighted by Crippen LogP contribution is 2.01. The van der Waals surface area contributed by atoms with Gasteiger partial charge in [-0.3, -0.25) is 0 Å². The van der Waals surface area contributed by atoms with E-state index in [4.69, 9.17) is 0 Å². The summed E-state index contributed by atoms with van der Waals surface area (Å²) in [6, 6.07) is 0. The van der Waals surface area contributed by atoms with Gasteiger partial charge in [-0.25, -0.2) is 0 Å². The number of hydrogen-bond acceptors (Lipinski definition) is 1. The van der Waals surface area contributed by atoms with E-state index in [2.05, 4.69) is 26.0 Å². The number of aliphatic hydroxyl groups is 1. The molecule has 10 heavy (non-hydrogen) atoms. The summed E-state index contributed by atoms with van der Waals surface area (Å²) in [7, 11) is 0. The highest BCUT2D eigenvalue weighted by atomic mass is 16.3. The van der Waals surface area contributed by atoms with Crippen molar-refractivity contribution < 1.29 is 5.11 Å². The largest absolute Gasteiger partial charge is 0.393 e. The van der Waals surface area contributed by atoms with E-state index in [0.29, 0.717) is 0 Å². The molecule has 0 aliphatic heterocycles. The fourth-order valence-corrected chi connectivity index (χ4v) is 0.871. The molecule has 0 saturated heterocycles. The Balaban J connectivity index is 3.20. The minimum absolute atomic E-state index is 0.118. The van der Waals surface area contributed by atoms with Crippen molar-refractivity contribution in [3.05, 3.63) is 12.2 Å². The van der Waals surface area contributed by atoms with E-state index < -0.39 is 0 Å². The number of allylic oxidation sites excluding steroid dienone is 1. The van der Waals surface area contributed by atoms with Crippen LogP contribution in [0.1, 0.15) is 39.5 Å². The second-order valence-corrected chi connectivity index (χ2v) is 2.56. The van der Waals surface area contributed by atoms with E-state index in [1.54, 1.807) is 0 Å². The van der Waals surface area contributed by atoms with Crippen LogP contribution in [-0.4, -0.2) is 11.2 Å². The van der Waals surface area contributed by atoms with Gasteiger partial charge in [0.2, 0.25) is 0 Å². The molecule has 0 aliphatic carbocycles. The molecule has 60 valence electrons. The first-order valence-electron chi connectivity index (χ1n) is 4.14. The lowest BCUT2D eigenvalue weighted by atomic mass is 10.1. The Kier molecular flexibility index (Phi) is 6.61. The molecule has 0 aromatic rings. The minimum atomic E-state index is -0.118.